The molecule has 1 atom stereocenters. The highest BCUT2D eigenvalue weighted by molar-refractivity contribution is 7.98. The molecule has 0 aliphatic heterocycles. The van der Waals surface area contributed by atoms with E-state index < -0.39 is 0 Å². The quantitative estimate of drug-likeness (QED) is 0.648. The van der Waals surface area contributed by atoms with Gasteiger partial charge < -0.3 is 0 Å². The van der Waals surface area contributed by atoms with Crippen molar-refractivity contribution < 1.29 is 0 Å². The monoisotopic (exact) mass is 165 g/mol. The van der Waals surface area contributed by atoms with E-state index in [1.165, 1.54) is 11.1 Å². The Morgan fingerprint density at radius 1 is 1.27 bits per heavy atom. The Morgan fingerprint density at radius 3 is 2.27 bits per heavy atom. The van der Waals surface area contributed by atoms with Crippen LogP contribution in [-0.4, -0.2) is 6.26 Å². The third kappa shape index (κ3) is 2.26. The molecule has 1 aromatic rings. The zero-order valence-corrected chi connectivity index (χ0v) is 7.82. The molecule has 0 aliphatic rings. The Kier molecular flexibility index (Phi) is 3.01. The van der Waals surface area contributed by atoms with Gasteiger partial charge in [-0.25, -0.2) is 0 Å². The van der Waals surface area contributed by atoms with Gasteiger partial charge in [0.15, 0.2) is 0 Å². The molecule has 1 heteroatoms. The summed E-state index contributed by atoms with van der Waals surface area (Å²) >= 11 is 1.77. The predicted octanol–water partition coefficient (Wildman–Crippen LogP) is 3.23. The van der Waals surface area contributed by atoms with E-state index in [4.69, 9.17) is 0 Å². The Balaban J connectivity index is 2.81. The molecule has 0 aromatic heterocycles. The number of benzene rings is 1. The first-order valence-electron chi connectivity index (χ1n) is 3.66. The van der Waals surface area contributed by atoms with Crippen LogP contribution in [0.4, 0.5) is 0 Å². The third-order valence-corrected chi connectivity index (χ3v) is 2.57. The van der Waals surface area contributed by atoms with Gasteiger partial charge in [0.2, 0.25) is 0 Å². The average molecular weight is 165 g/mol. The van der Waals surface area contributed by atoms with Gasteiger partial charge in [0.1, 0.15) is 0 Å². The van der Waals surface area contributed by atoms with Gasteiger partial charge in [-0.1, -0.05) is 29.8 Å². The molecule has 1 rings (SSSR count). The molecular weight excluding hydrogens is 152 g/mol. The Labute approximate surface area is 73.0 Å². The molecule has 1 aromatic carbocycles. The van der Waals surface area contributed by atoms with Crippen LogP contribution in [0.2, 0.25) is 0 Å². The molecule has 0 nitrogen and oxygen atoms in total. The summed E-state index contributed by atoms with van der Waals surface area (Å²) in [5, 5.41) is 0.371. The average Bonchev–Trinajstić information content (AvgIpc) is 2.05. The first-order chi connectivity index (χ1) is 5.24. The van der Waals surface area contributed by atoms with Crippen LogP contribution in [0.5, 0.6) is 0 Å². The van der Waals surface area contributed by atoms with E-state index in [-0.39, 0.29) is 0 Å². The molecule has 0 heterocycles. The molecule has 0 bridgehead atoms. The molecule has 0 fully saturated rings. The zero-order chi connectivity index (χ0) is 8.27. The van der Waals surface area contributed by atoms with E-state index in [1.54, 1.807) is 11.8 Å². The summed E-state index contributed by atoms with van der Waals surface area (Å²) in [6, 6.07) is 8.54. The Bertz CT molecular complexity index is 213. The second kappa shape index (κ2) is 3.82. The Morgan fingerprint density at radius 2 is 1.82 bits per heavy atom. The lowest BCUT2D eigenvalue weighted by atomic mass is 10.1. The molecule has 1 unspecified atom stereocenters. The Hall–Kier alpha value is -0.430. The van der Waals surface area contributed by atoms with Gasteiger partial charge in [-0.3, -0.25) is 0 Å². The zero-order valence-electron chi connectivity index (χ0n) is 7.00. The minimum absolute atomic E-state index is 0.371. The van der Waals surface area contributed by atoms with Gasteiger partial charge in [0, 0.05) is 5.25 Å². The largest absolute Gasteiger partial charge is 0.157 e. The summed E-state index contributed by atoms with van der Waals surface area (Å²) in [5.74, 6) is 0. The third-order valence-electron chi connectivity index (χ3n) is 1.73. The minimum Gasteiger partial charge on any atom is -0.157 e. The summed E-state index contributed by atoms with van der Waals surface area (Å²) in [6.07, 6.45) is 2.08. The molecule has 0 aliphatic carbocycles. The van der Waals surface area contributed by atoms with Crippen molar-refractivity contribution in [2.24, 2.45) is 0 Å². The lowest BCUT2D eigenvalue weighted by Crippen LogP contribution is -1.86. The van der Waals surface area contributed by atoms with Gasteiger partial charge in [0.05, 0.1) is 0 Å². The lowest BCUT2D eigenvalue weighted by Gasteiger charge is -2.07. The summed E-state index contributed by atoms with van der Waals surface area (Å²) in [5.41, 5.74) is 2.62. The highest BCUT2D eigenvalue weighted by Crippen LogP contribution is 2.24. The fourth-order valence-electron chi connectivity index (χ4n) is 0.917. The maximum absolute atomic E-state index is 4.02. The molecule has 59 valence electrons. The summed E-state index contributed by atoms with van der Waals surface area (Å²) in [6.45, 7) is 6.12. The van der Waals surface area contributed by atoms with E-state index in [1.807, 2.05) is 0 Å². The van der Waals surface area contributed by atoms with Crippen LogP contribution in [0, 0.1) is 13.8 Å². The molecule has 0 spiro atoms. The molecule has 0 saturated carbocycles. The van der Waals surface area contributed by atoms with Gasteiger partial charge in [0.25, 0.3) is 0 Å². The van der Waals surface area contributed by atoms with Crippen molar-refractivity contribution in [3.05, 3.63) is 42.3 Å². The van der Waals surface area contributed by atoms with Gasteiger partial charge >= 0.3 is 0 Å². The van der Waals surface area contributed by atoms with Gasteiger partial charge in [-0.05, 0) is 25.7 Å². The summed E-state index contributed by atoms with van der Waals surface area (Å²) in [7, 11) is 0. The number of hydrogen-bond donors (Lipinski definition) is 0. The second-order valence-electron chi connectivity index (χ2n) is 2.64. The van der Waals surface area contributed by atoms with Crippen molar-refractivity contribution in [1.82, 2.24) is 0 Å². The van der Waals surface area contributed by atoms with Crippen LogP contribution in [0.15, 0.2) is 24.3 Å². The fourth-order valence-corrected chi connectivity index (χ4v) is 1.35. The highest BCUT2D eigenvalue weighted by Gasteiger charge is 2.00. The number of thioether (sulfide) groups is 1. The molecular formula is C10H13S. The standard InChI is InChI=1S/C10H13S/c1-8-4-6-10(7-5-8)9(2)11-3/h4-7,9H,2H2,1,3H3. The van der Waals surface area contributed by atoms with E-state index in [0.29, 0.717) is 5.25 Å². The number of rotatable bonds is 2. The van der Waals surface area contributed by atoms with E-state index in [0.717, 1.165) is 0 Å². The summed E-state index contributed by atoms with van der Waals surface area (Å²) < 4.78 is 0. The highest BCUT2D eigenvalue weighted by atomic mass is 32.2. The van der Waals surface area contributed by atoms with Gasteiger partial charge in [-0.2, -0.15) is 11.8 Å². The van der Waals surface area contributed by atoms with Crippen LogP contribution in [0.1, 0.15) is 16.4 Å². The van der Waals surface area contributed by atoms with Crippen LogP contribution >= 0.6 is 11.8 Å². The molecule has 1 radical (unpaired) electrons. The van der Waals surface area contributed by atoms with E-state index in [9.17, 15) is 0 Å². The molecule has 0 amide bonds. The van der Waals surface area contributed by atoms with Crippen LogP contribution in [0.3, 0.4) is 0 Å². The van der Waals surface area contributed by atoms with Crippen LogP contribution < -0.4 is 0 Å². The molecule has 0 saturated heterocycles. The minimum atomic E-state index is 0.371. The van der Waals surface area contributed by atoms with Crippen molar-refractivity contribution >= 4 is 11.8 Å². The van der Waals surface area contributed by atoms with Crippen LogP contribution in [-0.2, 0) is 0 Å². The second-order valence-corrected chi connectivity index (χ2v) is 3.68. The summed E-state index contributed by atoms with van der Waals surface area (Å²) in [4.78, 5) is 0. The number of aryl methyl sites for hydroxylation is 1. The van der Waals surface area contributed by atoms with E-state index >= 15 is 0 Å². The van der Waals surface area contributed by atoms with Crippen molar-refractivity contribution in [3.63, 3.8) is 0 Å². The van der Waals surface area contributed by atoms with Crippen molar-refractivity contribution in [1.29, 1.82) is 0 Å². The smallest absolute Gasteiger partial charge is 0.0295 e. The molecule has 11 heavy (non-hydrogen) atoms. The fraction of sp³-hybridized carbons (Fsp3) is 0.300. The normalized spacial score (nSPS) is 13.0. The van der Waals surface area contributed by atoms with E-state index in [2.05, 4.69) is 44.4 Å². The predicted molar refractivity (Wildman–Crippen MR) is 52.8 cm³/mol. The van der Waals surface area contributed by atoms with Crippen LogP contribution in [0.25, 0.3) is 0 Å². The SMILES string of the molecule is [CH2]C(SC)c1ccc(C)cc1. The van der Waals surface area contributed by atoms with Crippen molar-refractivity contribution in [2.45, 2.75) is 12.2 Å². The lowest BCUT2D eigenvalue weighted by molar-refractivity contribution is 1.22. The topological polar surface area (TPSA) is 0 Å². The van der Waals surface area contributed by atoms with Crippen molar-refractivity contribution in [2.75, 3.05) is 6.26 Å². The first kappa shape index (κ1) is 8.66. The van der Waals surface area contributed by atoms with Crippen molar-refractivity contribution in [3.8, 4) is 0 Å². The van der Waals surface area contributed by atoms with Gasteiger partial charge in [-0.15, -0.1) is 0 Å². The first-order valence-corrected chi connectivity index (χ1v) is 4.95. The molecule has 0 N–H and O–H groups in total. The maximum Gasteiger partial charge on any atom is 0.0295 e. The maximum atomic E-state index is 4.02. The number of hydrogen-bond acceptors (Lipinski definition) is 1.